The van der Waals surface area contributed by atoms with E-state index in [1.54, 1.807) is 6.33 Å². The Morgan fingerprint density at radius 3 is 3.15 bits per heavy atom. The summed E-state index contributed by atoms with van der Waals surface area (Å²) in [5, 5.41) is 6.52. The summed E-state index contributed by atoms with van der Waals surface area (Å²) in [5.41, 5.74) is 2.48. The van der Waals surface area contributed by atoms with E-state index in [4.69, 9.17) is 0 Å². The van der Waals surface area contributed by atoms with Gasteiger partial charge in [-0.05, 0) is 24.7 Å². The molecule has 0 saturated heterocycles. The number of fused-ring (bicyclic) bond motifs is 1. The smallest absolute Gasteiger partial charge is 0.237 e. The van der Waals surface area contributed by atoms with Gasteiger partial charge in [0.25, 0.3) is 0 Å². The highest BCUT2D eigenvalue weighted by molar-refractivity contribution is 5.82. The number of hydrogen-bond donors (Lipinski definition) is 3. The molecule has 1 aliphatic heterocycles. The van der Waals surface area contributed by atoms with Gasteiger partial charge in [-0.15, -0.1) is 0 Å². The number of nitrogens with zero attached hydrogens (tertiary/aromatic N) is 1. The number of hydrogen-bond acceptors (Lipinski definition) is 3. The predicted octanol–water partition coefficient (Wildman–Crippen LogP) is 1.51. The molecule has 5 nitrogen and oxygen atoms in total. The monoisotopic (exact) mass is 276 g/mol. The van der Waals surface area contributed by atoms with Crippen LogP contribution in [0.15, 0.2) is 6.33 Å². The largest absolute Gasteiger partial charge is 0.352 e. The van der Waals surface area contributed by atoms with Crippen LogP contribution in [0.25, 0.3) is 0 Å². The van der Waals surface area contributed by atoms with Crippen molar-refractivity contribution in [2.75, 3.05) is 0 Å². The first-order chi connectivity index (χ1) is 9.53. The fraction of sp³-hybridized carbons (Fsp3) is 0.733. The van der Waals surface area contributed by atoms with Gasteiger partial charge in [0.1, 0.15) is 0 Å². The van der Waals surface area contributed by atoms with Crippen molar-refractivity contribution >= 4 is 5.91 Å². The normalized spacial score (nSPS) is 28.7. The molecule has 1 aromatic rings. The first kappa shape index (κ1) is 13.6. The minimum atomic E-state index is -0.143. The van der Waals surface area contributed by atoms with E-state index in [-0.39, 0.29) is 11.9 Å². The van der Waals surface area contributed by atoms with E-state index >= 15 is 0 Å². The SMILES string of the molecule is CC1(C)CCCC(NC(=O)C2Cc3nc[nH]c3CN2)C1. The number of aromatic amines is 1. The van der Waals surface area contributed by atoms with Crippen molar-refractivity contribution < 1.29 is 4.79 Å². The van der Waals surface area contributed by atoms with E-state index < -0.39 is 0 Å². The van der Waals surface area contributed by atoms with Crippen LogP contribution < -0.4 is 10.6 Å². The van der Waals surface area contributed by atoms with Gasteiger partial charge in [-0.25, -0.2) is 4.98 Å². The van der Waals surface area contributed by atoms with Crippen LogP contribution in [0, 0.1) is 5.41 Å². The molecule has 1 saturated carbocycles. The molecule has 3 rings (SSSR count). The maximum Gasteiger partial charge on any atom is 0.237 e. The number of carbonyl (C=O) groups excluding carboxylic acids is 1. The zero-order valence-corrected chi connectivity index (χ0v) is 12.3. The van der Waals surface area contributed by atoms with Crippen LogP contribution in [0.1, 0.15) is 50.9 Å². The predicted molar refractivity (Wildman–Crippen MR) is 77.1 cm³/mol. The molecule has 110 valence electrons. The van der Waals surface area contributed by atoms with Gasteiger partial charge >= 0.3 is 0 Å². The maximum atomic E-state index is 12.4. The number of amides is 1. The third-order valence-corrected chi connectivity index (χ3v) is 4.60. The summed E-state index contributed by atoms with van der Waals surface area (Å²) in [7, 11) is 0. The van der Waals surface area contributed by atoms with Crippen molar-refractivity contribution in [1.29, 1.82) is 0 Å². The van der Waals surface area contributed by atoms with Gasteiger partial charge in [0.05, 0.1) is 23.8 Å². The molecule has 1 aromatic heterocycles. The van der Waals surface area contributed by atoms with E-state index in [2.05, 4.69) is 34.4 Å². The molecular weight excluding hydrogens is 252 g/mol. The van der Waals surface area contributed by atoms with Gasteiger partial charge in [0, 0.05) is 19.0 Å². The number of imidazole rings is 1. The van der Waals surface area contributed by atoms with E-state index in [1.165, 1.54) is 12.8 Å². The summed E-state index contributed by atoms with van der Waals surface area (Å²) in [6, 6.07) is 0.185. The Balaban J connectivity index is 1.57. The minimum Gasteiger partial charge on any atom is -0.352 e. The first-order valence-electron chi connectivity index (χ1n) is 7.58. The summed E-state index contributed by atoms with van der Waals surface area (Å²) in [4.78, 5) is 19.8. The number of rotatable bonds is 2. The number of aromatic nitrogens is 2. The van der Waals surface area contributed by atoms with Crippen molar-refractivity contribution in [3.63, 3.8) is 0 Å². The summed E-state index contributed by atoms with van der Waals surface area (Å²) in [5.74, 6) is 0.126. The molecule has 0 spiro atoms. The van der Waals surface area contributed by atoms with Crippen molar-refractivity contribution in [2.45, 2.75) is 64.6 Å². The highest BCUT2D eigenvalue weighted by Gasteiger charge is 2.31. The molecule has 0 bridgehead atoms. The fourth-order valence-electron chi connectivity index (χ4n) is 3.48. The topological polar surface area (TPSA) is 69.8 Å². The Kier molecular flexibility index (Phi) is 3.54. The average molecular weight is 276 g/mol. The third-order valence-electron chi connectivity index (χ3n) is 4.60. The molecule has 2 aliphatic rings. The zero-order chi connectivity index (χ0) is 14.2. The molecule has 2 atom stereocenters. The van der Waals surface area contributed by atoms with Crippen LogP contribution in [-0.4, -0.2) is 28.0 Å². The molecule has 3 N–H and O–H groups in total. The Morgan fingerprint density at radius 1 is 1.50 bits per heavy atom. The summed E-state index contributed by atoms with van der Waals surface area (Å²) in [6.45, 7) is 5.28. The summed E-state index contributed by atoms with van der Waals surface area (Å²) >= 11 is 0. The van der Waals surface area contributed by atoms with Crippen LogP contribution >= 0.6 is 0 Å². The lowest BCUT2D eigenvalue weighted by molar-refractivity contribution is -0.124. The average Bonchev–Trinajstić information content (AvgIpc) is 2.84. The second-order valence-electron chi connectivity index (χ2n) is 6.93. The molecule has 5 heteroatoms. The number of nitrogens with one attached hydrogen (secondary N) is 3. The van der Waals surface area contributed by atoms with E-state index in [1.807, 2.05) is 0 Å². The van der Waals surface area contributed by atoms with Crippen molar-refractivity contribution in [3.05, 3.63) is 17.7 Å². The van der Waals surface area contributed by atoms with Crippen LogP contribution in [0.5, 0.6) is 0 Å². The maximum absolute atomic E-state index is 12.4. The number of carbonyl (C=O) groups is 1. The van der Waals surface area contributed by atoms with Gasteiger partial charge in [-0.3, -0.25) is 10.1 Å². The Labute approximate surface area is 119 Å². The van der Waals surface area contributed by atoms with Gasteiger partial charge in [-0.1, -0.05) is 20.3 Å². The van der Waals surface area contributed by atoms with Crippen LogP contribution in [0.2, 0.25) is 0 Å². The second kappa shape index (κ2) is 5.20. The van der Waals surface area contributed by atoms with Gasteiger partial charge in [0.2, 0.25) is 5.91 Å². The van der Waals surface area contributed by atoms with Crippen molar-refractivity contribution in [2.24, 2.45) is 5.41 Å². The molecule has 2 heterocycles. The molecule has 0 aromatic carbocycles. The third kappa shape index (κ3) is 2.87. The van der Waals surface area contributed by atoms with Crippen LogP contribution in [0.4, 0.5) is 0 Å². The second-order valence-corrected chi connectivity index (χ2v) is 6.93. The molecule has 2 unspecified atom stereocenters. The standard InChI is InChI=1S/C15H24N4O/c1-15(2)5-3-4-10(7-15)19-14(20)12-6-11-13(8-16-12)18-9-17-11/h9-10,12,16H,3-8H2,1-2H3,(H,17,18)(H,19,20). The summed E-state index contributed by atoms with van der Waals surface area (Å²) < 4.78 is 0. The van der Waals surface area contributed by atoms with E-state index in [9.17, 15) is 4.79 Å². The highest BCUT2D eigenvalue weighted by Crippen LogP contribution is 2.35. The first-order valence-corrected chi connectivity index (χ1v) is 7.58. The van der Waals surface area contributed by atoms with Gasteiger partial charge in [-0.2, -0.15) is 0 Å². The minimum absolute atomic E-state index is 0.126. The van der Waals surface area contributed by atoms with Crippen molar-refractivity contribution in [3.8, 4) is 0 Å². The molecular formula is C15H24N4O. The lowest BCUT2D eigenvalue weighted by Crippen LogP contribution is -2.51. The van der Waals surface area contributed by atoms with E-state index in [0.717, 1.165) is 24.2 Å². The molecule has 20 heavy (non-hydrogen) atoms. The Hall–Kier alpha value is -1.36. The Bertz CT molecular complexity index is 494. The van der Waals surface area contributed by atoms with Gasteiger partial charge < -0.3 is 10.3 Å². The molecule has 0 radical (unpaired) electrons. The molecule has 1 aliphatic carbocycles. The van der Waals surface area contributed by atoms with E-state index in [0.29, 0.717) is 24.4 Å². The Morgan fingerprint density at radius 2 is 2.35 bits per heavy atom. The molecule has 1 amide bonds. The lowest BCUT2D eigenvalue weighted by atomic mass is 9.75. The van der Waals surface area contributed by atoms with Gasteiger partial charge in [0.15, 0.2) is 0 Å². The summed E-state index contributed by atoms with van der Waals surface area (Å²) in [6.07, 6.45) is 7.04. The van der Waals surface area contributed by atoms with Crippen LogP contribution in [0.3, 0.4) is 0 Å². The number of H-pyrrole nitrogens is 1. The highest BCUT2D eigenvalue weighted by atomic mass is 16.2. The fourth-order valence-corrected chi connectivity index (χ4v) is 3.48. The lowest BCUT2D eigenvalue weighted by Gasteiger charge is -2.36. The molecule has 1 fully saturated rings. The van der Waals surface area contributed by atoms with Crippen LogP contribution in [-0.2, 0) is 17.8 Å². The zero-order valence-electron chi connectivity index (χ0n) is 12.3. The quantitative estimate of drug-likeness (QED) is 0.767. The van der Waals surface area contributed by atoms with Crippen molar-refractivity contribution in [1.82, 2.24) is 20.6 Å².